The number of likely N-dealkylation sites (tertiary alicyclic amines) is 1. The third-order valence-electron chi connectivity index (χ3n) is 5.68. The molecule has 3 heterocycles. The lowest BCUT2D eigenvalue weighted by molar-refractivity contribution is -0.131. The first-order valence-electron chi connectivity index (χ1n) is 10.8. The molecular weight excluding hydrogens is 450 g/mol. The van der Waals surface area contributed by atoms with E-state index in [9.17, 15) is 14.4 Å². The average molecular weight is 471 g/mol. The van der Waals surface area contributed by atoms with E-state index < -0.39 is 5.91 Å². The Labute approximate surface area is 198 Å². The summed E-state index contributed by atoms with van der Waals surface area (Å²) in [5.41, 5.74) is 12.2. The maximum atomic E-state index is 13.5. The molecule has 5 rings (SSSR count). The van der Waals surface area contributed by atoms with Gasteiger partial charge in [-0.3, -0.25) is 18.7 Å². The van der Waals surface area contributed by atoms with Gasteiger partial charge in [0.05, 0.1) is 11.7 Å². The number of hydrogen-bond acceptors (Lipinski definition) is 7. The van der Waals surface area contributed by atoms with Gasteiger partial charge in [0.1, 0.15) is 23.3 Å². The minimum Gasteiger partial charge on any atom is -0.457 e. The minimum absolute atomic E-state index is 0.159. The number of para-hydroxylation sites is 1. The largest absolute Gasteiger partial charge is 0.457 e. The predicted molar refractivity (Wildman–Crippen MR) is 128 cm³/mol. The van der Waals surface area contributed by atoms with Crippen LogP contribution in [0.1, 0.15) is 6.04 Å². The molecule has 2 aromatic carbocycles. The molecule has 1 aliphatic heterocycles. The zero-order valence-electron chi connectivity index (χ0n) is 18.4. The van der Waals surface area contributed by atoms with Crippen LogP contribution in [0.5, 0.6) is 11.5 Å². The first-order chi connectivity index (χ1) is 16.9. The fourth-order valence-corrected chi connectivity index (χ4v) is 3.98. The molecule has 2 aromatic heterocycles. The number of nitrogens with zero attached hydrogens (tertiary/aromatic N) is 5. The zero-order valence-corrected chi connectivity index (χ0v) is 18.4. The Balaban J connectivity index is 1.47. The van der Waals surface area contributed by atoms with Gasteiger partial charge in [-0.25, -0.2) is 14.8 Å². The normalized spacial score (nSPS) is 13.8. The number of aromatic nitrogens is 4. The summed E-state index contributed by atoms with van der Waals surface area (Å²) in [6.45, 7) is 0.545. The van der Waals surface area contributed by atoms with Gasteiger partial charge in [0, 0.05) is 25.2 Å². The Morgan fingerprint density at radius 3 is 2.34 bits per heavy atom. The zero-order chi connectivity index (χ0) is 24.5. The van der Waals surface area contributed by atoms with Crippen LogP contribution in [0, 0.1) is 0 Å². The van der Waals surface area contributed by atoms with Crippen LogP contribution in [-0.4, -0.2) is 48.9 Å². The SMILES string of the molecule is NC(=O)/C=C/C(=O)N1CC(n2c(=O)n(-c3ccc(Oc4ccccc4)cc3)c3c(N)ncnc32)C1. The molecule has 11 nitrogen and oxygen atoms in total. The lowest BCUT2D eigenvalue weighted by Gasteiger charge is -2.38. The van der Waals surface area contributed by atoms with Crippen LogP contribution < -0.4 is 21.9 Å². The van der Waals surface area contributed by atoms with Gasteiger partial charge in [0.25, 0.3) is 0 Å². The third kappa shape index (κ3) is 4.10. The number of imidazole rings is 1. The highest BCUT2D eigenvalue weighted by molar-refractivity contribution is 5.96. The summed E-state index contributed by atoms with van der Waals surface area (Å²) < 4.78 is 8.81. The van der Waals surface area contributed by atoms with Crippen molar-refractivity contribution in [3.05, 3.63) is 83.6 Å². The number of rotatable bonds is 6. The lowest BCUT2D eigenvalue weighted by atomic mass is 10.1. The van der Waals surface area contributed by atoms with E-state index in [2.05, 4.69) is 9.97 Å². The smallest absolute Gasteiger partial charge is 0.335 e. The van der Waals surface area contributed by atoms with Crippen molar-refractivity contribution in [3.63, 3.8) is 0 Å². The summed E-state index contributed by atoms with van der Waals surface area (Å²) >= 11 is 0. The van der Waals surface area contributed by atoms with Crippen LogP contribution >= 0.6 is 0 Å². The lowest BCUT2D eigenvalue weighted by Crippen LogP contribution is -2.52. The topological polar surface area (TPSA) is 151 Å². The van der Waals surface area contributed by atoms with Gasteiger partial charge in [-0.05, 0) is 36.4 Å². The van der Waals surface area contributed by atoms with Crippen molar-refractivity contribution in [2.45, 2.75) is 6.04 Å². The van der Waals surface area contributed by atoms with Crippen LogP contribution in [-0.2, 0) is 9.59 Å². The predicted octanol–water partition coefficient (Wildman–Crippen LogP) is 1.38. The molecule has 35 heavy (non-hydrogen) atoms. The van der Waals surface area contributed by atoms with Crippen LogP contribution in [0.4, 0.5) is 5.82 Å². The molecule has 0 radical (unpaired) electrons. The Morgan fingerprint density at radius 1 is 0.971 bits per heavy atom. The highest BCUT2D eigenvalue weighted by Crippen LogP contribution is 2.28. The van der Waals surface area contributed by atoms with Crippen molar-refractivity contribution in [2.24, 2.45) is 5.73 Å². The van der Waals surface area contributed by atoms with Crippen molar-refractivity contribution in [1.82, 2.24) is 24.0 Å². The van der Waals surface area contributed by atoms with E-state index in [1.54, 1.807) is 24.3 Å². The van der Waals surface area contributed by atoms with Crippen LogP contribution in [0.3, 0.4) is 0 Å². The molecule has 0 spiro atoms. The average Bonchev–Trinajstić information content (AvgIpc) is 3.11. The standard InChI is InChI=1S/C24H21N7O4/c25-19(32)10-11-20(33)29-12-16(13-29)31-23-21(22(26)27-14-28-23)30(24(31)34)15-6-8-18(9-7-15)35-17-4-2-1-3-5-17/h1-11,14,16H,12-13H2,(H2,25,32)(H2,26,27,28)/b11-10+. The van der Waals surface area contributed by atoms with E-state index in [-0.39, 0.29) is 36.5 Å². The van der Waals surface area contributed by atoms with Gasteiger partial charge >= 0.3 is 5.69 Å². The summed E-state index contributed by atoms with van der Waals surface area (Å²) in [6, 6.07) is 16.1. The molecule has 1 aliphatic rings. The molecule has 0 saturated carbocycles. The summed E-state index contributed by atoms with van der Waals surface area (Å²) in [4.78, 5) is 46.5. The molecule has 4 N–H and O–H groups in total. The molecule has 11 heteroatoms. The van der Waals surface area contributed by atoms with Crippen molar-refractivity contribution in [1.29, 1.82) is 0 Å². The molecule has 0 atom stereocenters. The number of ether oxygens (including phenoxy) is 1. The molecule has 2 amide bonds. The summed E-state index contributed by atoms with van der Waals surface area (Å²) in [5.74, 6) is 0.397. The second-order valence-corrected chi connectivity index (χ2v) is 7.96. The molecule has 0 bridgehead atoms. The number of fused-ring (bicyclic) bond motifs is 1. The number of carbonyl (C=O) groups excluding carboxylic acids is 2. The second kappa shape index (κ2) is 8.78. The number of amides is 2. The van der Waals surface area contributed by atoms with Crippen LogP contribution in [0.25, 0.3) is 16.9 Å². The number of nitrogens with two attached hydrogens (primary N) is 2. The van der Waals surface area contributed by atoms with Crippen molar-refractivity contribution < 1.29 is 14.3 Å². The molecule has 176 valence electrons. The van der Waals surface area contributed by atoms with E-state index >= 15 is 0 Å². The number of benzene rings is 2. The molecule has 4 aromatic rings. The first-order valence-corrected chi connectivity index (χ1v) is 10.8. The third-order valence-corrected chi connectivity index (χ3v) is 5.68. The van der Waals surface area contributed by atoms with E-state index in [4.69, 9.17) is 16.2 Å². The molecular formula is C24H21N7O4. The van der Waals surface area contributed by atoms with E-state index in [1.165, 1.54) is 20.4 Å². The quantitative estimate of drug-likeness (QED) is 0.403. The van der Waals surface area contributed by atoms with Crippen molar-refractivity contribution >= 4 is 28.8 Å². The number of hydrogen-bond donors (Lipinski definition) is 2. The van der Waals surface area contributed by atoms with Crippen molar-refractivity contribution in [2.75, 3.05) is 18.8 Å². The summed E-state index contributed by atoms with van der Waals surface area (Å²) in [5, 5.41) is 0. The monoisotopic (exact) mass is 471 g/mol. The van der Waals surface area contributed by atoms with Gasteiger partial charge in [-0.1, -0.05) is 18.2 Å². The Hall–Kier alpha value is -4.93. The van der Waals surface area contributed by atoms with Gasteiger partial charge in [-0.15, -0.1) is 0 Å². The van der Waals surface area contributed by atoms with Crippen molar-refractivity contribution in [3.8, 4) is 17.2 Å². The van der Waals surface area contributed by atoms with Crippen LogP contribution in [0.2, 0.25) is 0 Å². The second-order valence-electron chi connectivity index (χ2n) is 7.96. The Morgan fingerprint density at radius 2 is 1.66 bits per heavy atom. The first kappa shape index (κ1) is 21.9. The van der Waals surface area contributed by atoms with E-state index in [0.29, 0.717) is 28.4 Å². The number of anilines is 1. The molecule has 0 aliphatic carbocycles. The fraction of sp³-hybridized carbons (Fsp3) is 0.125. The van der Waals surface area contributed by atoms with Gasteiger partial charge < -0.3 is 21.1 Å². The maximum Gasteiger partial charge on any atom is 0.335 e. The summed E-state index contributed by atoms with van der Waals surface area (Å²) in [6.07, 6.45) is 3.42. The Kier molecular flexibility index (Phi) is 5.49. The van der Waals surface area contributed by atoms with E-state index in [1.807, 2.05) is 30.3 Å². The number of carbonyl (C=O) groups is 2. The minimum atomic E-state index is -0.706. The highest BCUT2D eigenvalue weighted by Gasteiger charge is 2.35. The van der Waals surface area contributed by atoms with Crippen LogP contribution in [0.15, 0.2) is 77.9 Å². The Bertz CT molecular complexity index is 1500. The summed E-state index contributed by atoms with van der Waals surface area (Å²) in [7, 11) is 0. The maximum absolute atomic E-state index is 13.5. The van der Waals surface area contributed by atoms with Gasteiger partial charge in [0.15, 0.2) is 11.5 Å². The number of nitrogen functional groups attached to an aromatic ring is 1. The highest BCUT2D eigenvalue weighted by atomic mass is 16.5. The molecule has 1 fully saturated rings. The molecule has 0 unspecified atom stereocenters. The molecule has 1 saturated heterocycles. The fourth-order valence-electron chi connectivity index (χ4n) is 3.98. The number of primary amides is 1. The van der Waals surface area contributed by atoms with Gasteiger partial charge in [-0.2, -0.15) is 0 Å². The van der Waals surface area contributed by atoms with E-state index in [0.717, 1.165) is 12.2 Å². The van der Waals surface area contributed by atoms with Gasteiger partial charge in [0.2, 0.25) is 11.8 Å².